The van der Waals surface area contributed by atoms with E-state index in [1.54, 1.807) is 24.3 Å². The summed E-state index contributed by atoms with van der Waals surface area (Å²) in [5, 5.41) is 5.51. The van der Waals surface area contributed by atoms with Gasteiger partial charge >= 0.3 is 0 Å². The van der Waals surface area contributed by atoms with Gasteiger partial charge in [-0.05, 0) is 59.0 Å². The molecule has 0 fully saturated rings. The van der Waals surface area contributed by atoms with Crippen molar-refractivity contribution in [3.63, 3.8) is 0 Å². The summed E-state index contributed by atoms with van der Waals surface area (Å²) in [6.45, 7) is 1.44. The van der Waals surface area contributed by atoms with Gasteiger partial charge in [-0.25, -0.2) is 0 Å². The van der Waals surface area contributed by atoms with Gasteiger partial charge in [0, 0.05) is 21.7 Å². The van der Waals surface area contributed by atoms with E-state index in [1.807, 2.05) is 24.3 Å². The van der Waals surface area contributed by atoms with Crippen LogP contribution >= 0.6 is 22.6 Å². The molecule has 4 nitrogen and oxygen atoms in total. The summed E-state index contributed by atoms with van der Waals surface area (Å²) in [4.78, 5) is 23.0. The van der Waals surface area contributed by atoms with E-state index in [-0.39, 0.29) is 11.8 Å². The molecule has 0 heterocycles. The van der Waals surface area contributed by atoms with Gasteiger partial charge in [0.05, 0.1) is 5.69 Å². The number of carbonyl (C=O) groups excluding carboxylic acids is 2. The smallest absolute Gasteiger partial charge is 0.255 e. The van der Waals surface area contributed by atoms with Gasteiger partial charge in [0.1, 0.15) is 0 Å². The lowest BCUT2D eigenvalue weighted by Crippen LogP contribution is -2.13. The first kappa shape index (κ1) is 14.5. The highest BCUT2D eigenvalue weighted by molar-refractivity contribution is 14.1. The summed E-state index contributed by atoms with van der Waals surface area (Å²) >= 11 is 2.17. The van der Waals surface area contributed by atoms with Gasteiger partial charge in [-0.15, -0.1) is 0 Å². The number of hydrogen-bond acceptors (Lipinski definition) is 2. The summed E-state index contributed by atoms with van der Waals surface area (Å²) in [5.41, 5.74) is 1.99. The average Bonchev–Trinajstić information content (AvgIpc) is 2.41. The monoisotopic (exact) mass is 380 g/mol. The van der Waals surface area contributed by atoms with Gasteiger partial charge in [-0.2, -0.15) is 0 Å². The molecule has 0 aliphatic heterocycles. The maximum absolute atomic E-state index is 12.1. The van der Waals surface area contributed by atoms with Crippen molar-refractivity contribution in [3.05, 3.63) is 57.7 Å². The van der Waals surface area contributed by atoms with Crippen molar-refractivity contribution in [2.24, 2.45) is 0 Å². The molecule has 0 radical (unpaired) electrons. The van der Waals surface area contributed by atoms with Crippen LogP contribution in [0.3, 0.4) is 0 Å². The number of benzene rings is 2. The highest BCUT2D eigenvalue weighted by Gasteiger charge is 2.07. The number of rotatable bonds is 3. The van der Waals surface area contributed by atoms with E-state index in [9.17, 15) is 9.59 Å². The van der Waals surface area contributed by atoms with Crippen LogP contribution in [0.4, 0.5) is 11.4 Å². The first-order valence-electron chi connectivity index (χ1n) is 6.00. The second-order valence-corrected chi connectivity index (χ2v) is 5.35. The van der Waals surface area contributed by atoms with Crippen LogP contribution in [0.25, 0.3) is 0 Å². The number of carbonyl (C=O) groups is 2. The van der Waals surface area contributed by atoms with Crippen molar-refractivity contribution < 1.29 is 9.59 Å². The van der Waals surface area contributed by atoms with Crippen LogP contribution in [0.5, 0.6) is 0 Å². The summed E-state index contributed by atoms with van der Waals surface area (Å²) in [7, 11) is 0. The predicted octanol–water partition coefficient (Wildman–Crippen LogP) is 3.50. The summed E-state index contributed by atoms with van der Waals surface area (Å²) in [5.74, 6) is -0.315. The zero-order chi connectivity index (χ0) is 14.5. The minimum atomic E-state index is -0.177. The minimum absolute atomic E-state index is 0.138. The van der Waals surface area contributed by atoms with E-state index >= 15 is 0 Å². The normalized spacial score (nSPS) is 9.90. The third kappa shape index (κ3) is 3.80. The lowest BCUT2D eigenvalue weighted by molar-refractivity contribution is -0.114. The number of anilines is 2. The van der Waals surface area contributed by atoms with E-state index < -0.39 is 0 Å². The van der Waals surface area contributed by atoms with Crippen LogP contribution in [0.1, 0.15) is 17.3 Å². The molecule has 5 heteroatoms. The van der Waals surface area contributed by atoms with Crippen LogP contribution in [0.2, 0.25) is 0 Å². The Hall–Kier alpha value is -1.89. The third-order valence-electron chi connectivity index (χ3n) is 2.59. The first-order valence-corrected chi connectivity index (χ1v) is 7.07. The van der Waals surface area contributed by atoms with E-state index in [1.165, 1.54) is 6.92 Å². The maximum atomic E-state index is 12.1. The molecule has 0 saturated heterocycles. The molecular formula is C15H13IN2O2. The standard InChI is InChI=1S/C15H13IN2O2/c1-10(19)17-12-8-6-11(7-9-12)15(20)18-14-5-3-2-4-13(14)16/h2-9H,1H3,(H,17,19)(H,18,20). The molecule has 2 aromatic rings. The summed E-state index contributed by atoms with van der Waals surface area (Å²) in [6, 6.07) is 14.3. The van der Waals surface area contributed by atoms with E-state index in [0.29, 0.717) is 11.3 Å². The number of amides is 2. The Labute approximate surface area is 130 Å². The largest absolute Gasteiger partial charge is 0.326 e. The average molecular weight is 380 g/mol. The van der Waals surface area contributed by atoms with Crippen LogP contribution in [0, 0.1) is 3.57 Å². The van der Waals surface area contributed by atoms with E-state index in [4.69, 9.17) is 0 Å². The van der Waals surface area contributed by atoms with Gasteiger partial charge in [0.25, 0.3) is 5.91 Å². The van der Waals surface area contributed by atoms with Crippen molar-refractivity contribution in [2.75, 3.05) is 10.6 Å². The molecule has 0 unspecified atom stereocenters. The van der Waals surface area contributed by atoms with E-state index in [0.717, 1.165) is 9.26 Å². The molecule has 2 aromatic carbocycles. The summed E-state index contributed by atoms with van der Waals surface area (Å²) in [6.07, 6.45) is 0. The Balaban J connectivity index is 2.10. The fourth-order valence-corrected chi connectivity index (χ4v) is 2.19. The zero-order valence-corrected chi connectivity index (χ0v) is 13.0. The zero-order valence-electron chi connectivity index (χ0n) is 10.8. The number of para-hydroxylation sites is 1. The molecule has 0 aromatic heterocycles. The fourth-order valence-electron chi connectivity index (χ4n) is 1.67. The first-order chi connectivity index (χ1) is 9.56. The molecule has 102 valence electrons. The molecule has 0 spiro atoms. The molecule has 2 amide bonds. The van der Waals surface area contributed by atoms with Crippen molar-refractivity contribution in [2.45, 2.75) is 6.92 Å². The molecule has 0 bridgehead atoms. The molecule has 0 saturated carbocycles. The van der Waals surface area contributed by atoms with Gasteiger partial charge < -0.3 is 10.6 Å². The Morgan fingerprint density at radius 1 is 0.950 bits per heavy atom. The van der Waals surface area contributed by atoms with Crippen LogP contribution < -0.4 is 10.6 Å². The minimum Gasteiger partial charge on any atom is -0.326 e. The van der Waals surface area contributed by atoms with Gasteiger partial charge in [0.15, 0.2) is 0 Å². The van der Waals surface area contributed by atoms with Gasteiger partial charge in [-0.3, -0.25) is 9.59 Å². The molecule has 0 atom stereocenters. The quantitative estimate of drug-likeness (QED) is 0.801. The topological polar surface area (TPSA) is 58.2 Å². The van der Waals surface area contributed by atoms with Crippen LogP contribution in [-0.4, -0.2) is 11.8 Å². The fraction of sp³-hybridized carbons (Fsp3) is 0.0667. The van der Waals surface area contributed by atoms with Crippen molar-refractivity contribution >= 4 is 45.8 Å². The van der Waals surface area contributed by atoms with Gasteiger partial charge in [0.2, 0.25) is 5.91 Å². The third-order valence-corrected chi connectivity index (χ3v) is 3.53. The Morgan fingerprint density at radius 3 is 2.20 bits per heavy atom. The lowest BCUT2D eigenvalue weighted by atomic mass is 10.2. The molecule has 0 aliphatic carbocycles. The number of halogens is 1. The SMILES string of the molecule is CC(=O)Nc1ccc(C(=O)Nc2ccccc2I)cc1. The lowest BCUT2D eigenvalue weighted by Gasteiger charge is -2.08. The van der Waals surface area contributed by atoms with E-state index in [2.05, 4.69) is 33.2 Å². The van der Waals surface area contributed by atoms with Gasteiger partial charge in [-0.1, -0.05) is 12.1 Å². The predicted molar refractivity (Wildman–Crippen MR) is 87.9 cm³/mol. The number of nitrogens with one attached hydrogen (secondary N) is 2. The van der Waals surface area contributed by atoms with Crippen molar-refractivity contribution in [1.82, 2.24) is 0 Å². The molecule has 2 N–H and O–H groups in total. The van der Waals surface area contributed by atoms with Crippen LogP contribution in [0.15, 0.2) is 48.5 Å². The van der Waals surface area contributed by atoms with Crippen molar-refractivity contribution in [1.29, 1.82) is 0 Å². The highest BCUT2D eigenvalue weighted by Crippen LogP contribution is 2.18. The van der Waals surface area contributed by atoms with Crippen molar-refractivity contribution in [3.8, 4) is 0 Å². The summed E-state index contributed by atoms with van der Waals surface area (Å²) < 4.78 is 0.980. The number of hydrogen-bond donors (Lipinski definition) is 2. The van der Waals surface area contributed by atoms with Crippen LogP contribution in [-0.2, 0) is 4.79 Å². The molecule has 20 heavy (non-hydrogen) atoms. The molecule has 2 rings (SSSR count). The second kappa shape index (κ2) is 6.51. The Kier molecular flexibility index (Phi) is 4.73. The Morgan fingerprint density at radius 2 is 1.60 bits per heavy atom. The highest BCUT2D eigenvalue weighted by atomic mass is 127. The second-order valence-electron chi connectivity index (χ2n) is 4.19. The maximum Gasteiger partial charge on any atom is 0.255 e. The molecule has 0 aliphatic rings. The Bertz CT molecular complexity index is 639. The molecular weight excluding hydrogens is 367 g/mol.